The van der Waals surface area contributed by atoms with Gasteiger partial charge in [0, 0.05) is 17.1 Å². The number of aromatic nitrogens is 1. The Hall–Kier alpha value is -2.10. The average molecular weight is 231 g/mol. The zero-order valence-corrected chi connectivity index (χ0v) is 9.69. The maximum atomic E-state index is 11.9. The minimum atomic E-state index is -0.815. The minimum Gasteiger partial charge on any atom is -0.457 e. The zero-order chi connectivity index (χ0) is 12.4. The van der Waals surface area contributed by atoms with Crippen molar-refractivity contribution in [2.45, 2.75) is 20.0 Å². The number of carbonyl (C=O) groups excluding carboxylic acids is 2. The highest BCUT2D eigenvalue weighted by Crippen LogP contribution is 2.18. The van der Waals surface area contributed by atoms with Crippen LogP contribution in [0.2, 0.25) is 0 Å². The van der Waals surface area contributed by atoms with Crippen LogP contribution in [0.5, 0.6) is 0 Å². The van der Waals surface area contributed by atoms with Crippen molar-refractivity contribution in [2.24, 2.45) is 0 Å². The Kier molecular flexibility index (Phi) is 2.95. The van der Waals surface area contributed by atoms with Crippen molar-refractivity contribution in [3.05, 3.63) is 36.0 Å². The van der Waals surface area contributed by atoms with Gasteiger partial charge in [-0.25, -0.2) is 4.79 Å². The number of esters is 1. The molecule has 0 unspecified atom stereocenters. The number of rotatable bonds is 3. The van der Waals surface area contributed by atoms with Gasteiger partial charge in [-0.05, 0) is 19.9 Å². The van der Waals surface area contributed by atoms with Crippen LogP contribution < -0.4 is 0 Å². The Labute approximate surface area is 98.6 Å². The Morgan fingerprint density at radius 3 is 2.65 bits per heavy atom. The summed E-state index contributed by atoms with van der Waals surface area (Å²) in [5, 5.41) is 0.734. The third-order valence-corrected chi connectivity index (χ3v) is 2.36. The number of Topliss-reactive ketones (excluding diaryl/α,β-unsaturated/α-hetero) is 1. The normalized spacial score (nSPS) is 10.8. The fraction of sp³-hybridized carbons (Fsp3) is 0.231. The Morgan fingerprint density at radius 2 is 1.94 bits per heavy atom. The number of ketones is 1. The van der Waals surface area contributed by atoms with E-state index in [1.165, 1.54) is 6.20 Å². The van der Waals surface area contributed by atoms with Gasteiger partial charge in [-0.1, -0.05) is 18.2 Å². The number of hydrogen-bond acceptors (Lipinski definition) is 3. The largest absolute Gasteiger partial charge is 0.457 e. The summed E-state index contributed by atoms with van der Waals surface area (Å²) in [5.74, 6) is -1.43. The smallest absolute Gasteiger partial charge is 0.380 e. The number of nitrogens with one attached hydrogen (secondary N) is 1. The summed E-state index contributed by atoms with van der Waals surface area (Å²) >= 11 is 0. The van der Waals surface area contributed by atoms with E-state index in [4.69, 9.17) is 4.74 Å². The highest BCUT2D eigenvalue weighted by atomic mass is 16.5. The van der Waals surface area contributed by atoms with Crippen molar-refractivity contribution in [1.82, 2.24) is 4.98 Å². The molecule has 17 heavy (non-hydrogen) atoms. The first kappa shape index (κ1) is 11.4. The quantitative estimate of drug-likeness (QED) is 0.501. The van der Waals surface area contributed by atoms with Crippen LogP contribution in [0.3, 0.4) is 0 Å². The first-order chi connectivity index (χ1) is 8.09. The van der Waals surface area contributed by atoms with E-state index in [-0.39, 0.29) is 6.10 Å². The number of benzene rings is 1. The third-order valence-electron chi connectivity index (χ3n) is 2.36. The second-order valence-electron chi connectivity index (χ2n) is 4.03. The molecule has 88 valence electrons. The molecule has 0 saturated heterocycles. The van der Waals surface area contributed by atoms with Gasteiger partial charge >= 0.3 is 5.97 Å². The van der Waals surface area contributed by atoms with Crippen LogP contribution in [0.25, 0.3) is 10.9 Å². The lowest BCUT2D eigenvalue weighted by Gasteiger charge is -2.05. The highest BCUT2D eigenvalue weighted by Gasteiger charge is 2.21. The second-order valence-corrected chi connectivity index (χ2v) is 4.03. The monoisotopic (exact) mass is 231 g/mol. The van der Waals surface area contributed by atoms with Crippen molar-refractivity contribution in [3.63, 3.8) is 0 Å². The molecule has 0 atom stereocenters. The van der Waals surface area contributed by atoms with Crippen LogP contribution in [0, 0.1) is 0 Å². The van der Waals surface area contributed by atoms with E-state index < -0.39 is 11.8 Å². The van der Waals surface area contributed by atoms with Crippen molar-refractivity contribution in [2.75, 3.05) is 0 Å². The maximum absolute atomic E-state index is 11.9. The molecule has 0 spiro atoms. The molecule has 0 radical (unpaired) electrons. The summed E-state index contributed by atoms with van der Waals surface area (Å²) in [6.45, 7) is 3.42. The first-order valence-electron chi connectivity index (χ1n) is 5.41. The topological polar surface area (TPSA) is 59.2 Å². The number of para-hydroxylation sites is 1. The van der Waals surface area contributed by atoms with E-state index in [1.54, 1.807) is 19.9 Å². The Morgan fingerprint density at radius 1 is 1.24 bits per heavy atom. The van der Waals surface area contributed by atoms with Crippen LogP contribution >= 0.6 is 0 Å². The van der Waals surface area contributed by atoms with Gasteiger partial charge in [0.1, 0.15) is 0 Å². The van der Waals surface area contributed by atoms with E-state index in [0.717, 1.165) is 10.9 Å². The summed E-state index contributed by atoms with van der Waals surface area (Å²) in [4.78, 5) is 26.3. The fourth-order valence-electron chi connectivity index (χ4n) is 1.64. The lowest BCUT2D eigenvalue weighted by atomic mass is 10.1. The highest BCUT2D eigenvalue weighted by molar-refractivity contribution is 6.43. The van der Waals surface area contributed by atoms with Gasteiger partial charge in [-0.3, -0.25) is 4.79 Å². The molecule has 1 aromatic heterocycles. The average Bonchev–Trinajstić information content (AvgIpc) is 2.70. The molecule has 4 nitrogen and oxygen atoms in total. The fourth-order valence-corrected chi connectivity index (χ4v) is 1.64. The van der Waals surface area contributed by atoms with Crippen LogP contribution in [0.1, 0.15) is 24.2 Å². The number of hydrogen-bond donors (Lipinski definition) is 1. The third kappa shape index (κ3) is 2.20. The van der Waals surface area contributed by atoms with Crippen molar-refractivity contribution < 1.29 is 14.3 Å². The SMILES string of the molecule is CC(C)OC(=O)C(=O)c1c[nH]c2ccccc12. The Balaban J connectivity index is 2.34. The molecular weight excluding hydrogens is 218 g/mol. The molecule has 0 aliphatic carbocycles. The maximum Gasteiger partial charge on any atom is 0.380 e. The molecule has 2 rings (SSSR count). The summed E-state index contributed by atoms with van der Waals surface area (Å²) in [6, 6.07) is 7.32. The number of H-pyrrole nitrogens is 1. The van der Waals surface area contributed by atoms with Gasteiger partial charge in [0.25, 0.3) is 5.78 Å². The van der Waals surface area contributed by atoms with E-state index >= 15 is 0 Å². The number of carbonyl (C=O) groups is 2. The molecule has 1 aromatic carbocycles. The van der Waals surface area contributed by atoms with Crippen LogP contribution in [0.4, 0.5) is 0 Å². The van der Waals surface area contributed by atoms with E-state index in [2.05, 4.69) is 4.98 Å². The molecule has 2 aromatic rings. The van der Waals surface area contributed by atoms with Crippen molar-refractivity contribution in [3.8, 4) is 0 Å². The van der Waals surface area contributed by atoms with Gasteiger partial charge in [-0.15, -0.1) is 0 Å². The molecule has 0 aliphatic heterocycles. The van der Waals surface area contributed by atoms with Crippen molar-refractivity contribution >= 4 is 22.7 Å². The molecule has 1 heterocycles. The summed E-state index contributed by atoms with van der Waals surface area (Å²) in [7, 11) is 0. The van der Waals surface area contributed by atoms with E-state index in [0.29, 0.717) is 5.56 Å². The lowest BCUT2D eigenvalue weighted by molar-refractivity contribution is -0.141. The summed E-state index contributed by atoms with van der Waals surface area (Å²) in [6.07, 6.45) is 1.24. The van der Waals surface area contributed by atoms with Crippen LogP contribution in [-0.4, -0.2) is 22.8 Å². The van der Waals surface area contributed by atoms with Gasteiger partial charge < -0.3 is 9.72 Å². The minimum absolute atomic E-state index is 0.295. The zero-order valence-electron chi connectivity index (χ0n) is 9.69. The lowest BCUT2D eigenvalue weighted by Crippen LogP contribution is -2.20. The summed E-state index contributed by atoms with van der Waals surface area (Å²) < 4.78 is 4.88. The van der Waals surface area contributed by atoms with E-state index in [9.17, 15) is 9.59 Å². The number of aromatic amines is 1. The standard InChI is InChI=1S/C13H13NO3/c1-8(2)17-13(16)12(15)10-7-14-11-6-4-3-5-9(10)11/h3-8,14H,1-2H3. The van der Waals surface area contributed by atoms with Gasteiger partial charge in [0.2, 0.25) is 0 Å². The van der Waals surface area contributed by atoms with E-state index in [1.807, 2.05) is 18.2 Å². The predicted octanol–water partition coefficient (Wildman–Crippen LogP) is 2.30. The molecule has 0 bridgehead atoms. The first-order valence-corrected chi connectivity index (χ1v) is 5.41. The number of fused-ring (bicyclic) bond motifs is 1. The molecule has 0 aliphatic rings. The van der Waals surface area contributed by atoms with Gasteiger partial charge in [-0.2, -0.15) is 0 Å². The Bertz CT molecular complexity index is 569. The molecule has 0 saturated carbocycles. The van der Waals surface area contributed by atoms with Crippen LogP contribution in [0.15, 0.2) is 30.5 Å². The molecule has 1 N–H and O–H groups in total. The predicted molar refractivity (Wildman–Crippen MR) is 63.9 cm³/mol. The summed E-state index contributed by atoms with van der Waals surface area (Å²) in [5.41, 5.74) is 1.18. The van der Waals surface area contributed by atoms with Crippen LogP contribution in [-0.2, 0) is 9.53 Å². The van der Waals surface area contributed by atoms with Gasteiger partial charge in [0.05, 0.1) is 11.7 Å². The molecule has 4 heteroatoms. The molecule has 0 amide bonds. The molecular formula is C13H13NO3. The van der Waals surface area contributed by atoms with Gasteiger partial charge in [0.15, 0.2) is 0 Å². The van der Waals surface area contributed by atoms with Crippen molar-refractivity contribution in [1.29, 1.82) is 0 Å². The second kappa shape index (κ2) is 4.41. The molecule has 0 fully saturated rings. The number of ether oxygens (including phenoxy) is 1.